The average molecular weight is 430 g/mol. The number of benzene rings is 2. The summed E-state index contributed by atoms with van der Waals surface area (Å²) >= 11 is 0. The van der Waals surface area contributed by atoms with Gasteiger partial charge in [0.15, 0.2) is 23.0 Å². The van der Waals surface area contributed by atoms with Crippen molar-refractivity contribution in [3.05, 3.63) is 72.1 Å². The van der Waals surface area contributed by atoms with E-state index in [4.69, 9.17) is 14.2 Å². The molecule has 4 rings (SSSR count). The molecule has 2 aliphatic rings. The van der Waals surface area contributed by atoms with Crippen molar-refractivity contribution in [1.29, 1.82) is 0 Å². The maximum atomic E-state index is 14.8. The molecule has 3 nitrogen and oxygen atoms in total. The summed E-state index contributed by atoms with van der Waals surface area (Å²) in [5.74, 6) is -2.87. The summed E-state index contributed by atoms with van der Waals surface area (Å²) in [6, 6.07) is 4.59. The second-order valence-corrected chi connectivity index (χ2v) is 8.06. The van der Waals surface area contributed by atoms with Gasteiger partial charge in [-0.1, -0.05) is 24.8 Å². The zero-order valence-electron chi connectivity index (χ0n) is 17.3. The van der Waals surface area contributed by atoms with Gasteiger partial charge in [0.2, 0.25) is 17.5 Å². The van der Waals surface area contributed by atoms with Crippen LogP contribution in [0.4, 0.5) is 13.2 Å². The van der Waals surface area contributed by atoms with Crippen LogP contribution in [0.1, 0.15) is 36.8 Å². The van der Waals surface area contributed by atoms with Crippen molar-refractivity contribution < 1.29 is 27.4 Å². The summed E-state index contributed by atoms with van der Waals surface area (Å²) in [5, 5.41) is 0. The second-order valence-electron chi connectivity index (χ2n) is 8.06. The van der Waals surface area contributed by atoms with Gasteiger partial charge in [-0.3, -0.25) is 0 Å². The van der Waals surface area contributed by atoms with Crippen LogP contribution in [0, 0.1) is 29.3 Å². The van der Waals surface area contributed by atoms with Gasteiger partial charge in [0.05, 0.1) is 6.61 Å². The number of halogens is 3. The minimum Gasteiger partial charge on any atom is -0.490 e. The minimum absolute atomic E-state index is 0.0332. The Labute approximate surface area is 180 Å². The van der Waals surface area contributed by atoms with Crippen LogP contribution in [-0.2, 0) is 6.42 Å². The first-order chi connectivity index (χ1) is 15.0. The zero-order valence-corrected chi connectivity index (χ0v) is 17.3. The van der Waals surface area contributed by atoms with Crippen LogP contribution < -0.4 is 14.2 Å². The van der Waals surface area contributed by atoms with Gasteiger partial charge in [0, 0.05) is 17.5 Å². The molecule has 2 aromatic rings. The van der Waals surface area contributed by atoms with E-state index in [0.717, 1.165) is 25.7 Å². The predicted molar refractivity (Wildman–Crippen MR) is 112 cm³/mol. The third kappa shape index (κ3) is 4.29. The summed E-state index contributed by atoms with van der Waals surface area (Å²) in [4.78, 5) is 0. The van der Waals surface area contributed by atoms with Gasteiger partial charge >= 0.3 is 0 Å². The lowest BCUT2D eigenvalue weighted by Gasteiger charge is -2.27. The summed E-state index contributed by atoms with van der Waals surface area (Å²) < 4.78 is 60.5. The maximum absolute atomic E-state index is 14.8. The molecule has 6 heteroatoms. The smallest absolute Gasteiger partial charge is 0.207 e. The van der Waals surface area contributed by atoms with E-state index in [2.05, 4.69) is 13.2 Å². The zero-order chi connectivity index (χ0) is 22.0. The Balaban J connectivity index is 1.52. The quantitative estimate of drug-likeness (QED) is 0.389. The van der Waals surface area contributed by atoms with Crippen molar-refractivity contribution in [1.82, 2.24) is 0 Å². The van der Waals surface area contributed by atoms with Gasteiger partial charge < -0.3 is 14.2 Å². The Hall–Kier alpha value is -2.89. The molecular formula is C25H25F3O3. The molecule has 164 valence electrons. The van der Waals surface area contributed by atoms with E-state index in [-0.39, 0.29) is 36.0 Å². The monoisotopic (exact) mass is 430 g/mol. The lowest BCUT2D eigenvalue weighted by atomic mass is 9.82. The highest BCUT2D eigenvalue weighted by Gasteiger charge is 2.30. The fourth-order valence-corrected chi connectivity index (χ4v) is 4.18. The van der Waals surface area contributed by atoms with E-state index in [1.165, 1.54) is 18.2 Å². The standard InChI is InChI=1S/C25H25F3O3/c1-3-11-29-19-10-9-17-12-18-13-20(30-14-16-7-5-15(4-2)6-8-16)21(26)23(28)25(18)31-24(17)22(19)27/h3-4,9-10,13,15-16H,1-2,5-8,11-12,14H2. The van der Waals surface area contributed by atoms with E-state index in [9.17, 15) is 13.2 Å². The fourth-order valence-electron chi connectivity index (χ4n) is 4.18. The number of hydrogen-bond donors (Lipinski definition) is 0. The molecular weight excluding hydrogens is 405 g/mol. The molecule has 0 bridgehead atoms. The number of rotatable bonds is 7. The summed E-state index contributed by atoms with van der Waals surface area (Å²) in [7, 11) is 0. The summed E-state index contributed by atoms with van der Waals surface area (Å²) in [6.07, 6.45) is 7.67. The van der Waals surface area contributed by atoms with E-state index in [1.54, 1.807) is 6.07 Å². The lowest BCUT2D eigenvalue weighted by molar-refractivity contribution is 0.187. The van der Waals surface area contributed by atoms with Gasteiger partial charge in [-0.15, -0.1) is 6.58 Å². The van der Waals surface area contributed by atoms with E-state index < -0.39 is 17.5 Å². The summed E-state index contributed by atoms with van der Waals surface area (Å²) in [6.45, 7) is 7.80. The average Bonchev–Trinajstić information content (AvgIpc) is 2.79. The van der Waals surface area contributed by atoms with Gasteiger partial charge in [0.25, 0.3) is 0 Å². The maximum Gasteiger partial charge on any atom is 0.207 e. The van der Waals surface area contributed by atoms with Crippen LogP contribution in [0.15, 0.2) is 43.5 Å². The number of allylic oxidation sites excluding steroid dienone is 1. The van der Waals surface area contributed by atoms with Crippen molar-refractivity contribution in [3.8, 4) is 23.0 Å². The van der Waals surface area contributed by atoms with Crippen molar-refractivity contribution >= 4 is 0 Å². The Morgan fingerprint density at radius 1 is 0.903 bits per heavy atom. The SMILES string of the molecule is C=CCOc1ccc2c(c1F)Oc1c(cc(OCC3CCC(C=C)CC3)c(F)c1F)C2. The lowest BCUT2D eigenvalue weighted by Crippen LogP contribution is -2.20. The molecule has 0 spiro atoms. The molecule has 31 heavy (non-hydrogen) atoms. The van der Waals surface area contributed by atoms with E-state index in [0.29, 0.717) is 29.6 Å². The molecule has 0 amide bonds. The summed E-state index contributed by atoms with van der Waals surface area (Å²) in [5.41, 5.74) is 0.937. The first-order valence-electron chi connectivity index (χ1n) is 10.5. The van der Waals surface area contributed by atoms with Gasteiger partial charge in [-0.2, -0.15) is 13.2 Å². The minimum atomic E-state index is -1.18. The largest absolute Gasteiger partial charge is 0.490 e. The molecule has 2 aromatic carbocycles. The van der Waals surface area contributed by atoms with Crippen LogP contribution in [0.25, 0.3) is 0 Å². The molecule has 0 saturated heterocycles. The highest BCUT2D eigenvalue weighted by atomic mass is 19.2. The number of hydrogen-bond acceptors (Lipinski definition) is 3. The molecule has 0 unspecified atom stereocenters. The molecule has 0 N–H and O–H groups in total. The topological polar surface area (TPSA) is 27.7 Å². The number of fused-ring (bicyclic) bond motifs is 2. The Bertz CT molecular complexity index is 994. The second kappa shape index (κ2) is 9.08. The third-order valence-electron chi connectivity index (χ3n) is 5.99. The van der Waals surface area contributed by atoms with Crippen molar-refractivity contribution in [2.75, 3.05) is 13.2 Å². The highest BCUT2D eigenvalue weighted by Crippen LogP contribution is 2.44. The van der Waals surface area contributed by atoms with Crippen molar-refractivity contribution in [2.24, 2.45) is 11.8 Å². The van der Waals surface area contributed by atoms with Crippen LogP contribution in [-0.4, -0.2) is 13.2 Å². The molecule has 0 atom stereocenters. The molecule has 1 fully saturated rings. The molecule has 1 aliphatic heterocycles. The Morgan fingerprint density at radius 2 is 1.65 bits per heavy atom. The Morgan fingerprint density at radius 3 is 2.35 bits per heavy atom. The highest BCUT2D eigenvalue weighted by molar-refractivity contribution is 5.55. The van der Waals surface area contributed by atoms with Crippen LogP contribution >= 0.6 is 0 Å². The molecule has 0 aromatic heterocycles. The van der Waals surface area contributed by atoms with Crippen molar-refractivity contribution in [3.63, 3.8) is 0 Å². The molecule has 1 saturated carbocycles. The van der Waals surface area contributed by atoms with Crippen LogP contribution in [0.3, 0.4) is 0 Å². The van der Waals surface area contributed by atoms with Gasteiger partial charge in [0.1, 0.15) is 6.61 Å². The molecule has 1 aliphatic carbocycles. The predicted octanol–water partition coefficient (Wildman–Crippen LogP) is 6.74. The molecule has 0 radical (unpaired) electrons. The van der Waals surface area contributed by atoms with Gasteiger partial charge in [-0.05, 0) is 49.7 Å². The van der Waals surface area contributed by atoms with Crippen LogP contribution in [0.2, 0.25) is 0 Å². The van der Waals surface area contributed by atoms with E-state index in [1.807, 2.05) is 6.08 Å². The first-order valence-corrected chi connectivity index (χ1v) is 10.5. The Kier molecular flexibility index (Phi) is 6.25. The number of ether oxygens (including phenoxy) is 3. The third-order valence-corrected chi connectivity index (χ3v) is 5.99. The molecule has 1 heterocycles. The van der Waals surface area contributed by atoms with Crippen molar-refractivity contribution in [2.45, 2.75) is 32.1 Å². The van der Waals surface area contributed by atoms with Crippen LogP contribution in [0.5, 0.6) is 23.0 Å². The van der Waals surface area contributed by atoms with Gasteiger partial charge in [-0.25, -0.2) is 0 Å². The van der Waals surface area contributed by atoms with E-state index >= 15 is 0 Å². The fraction of sp³-hybridized carbons (Fsp3) is 0.360. The normalized spacial score (nSPS) is 19.6. The first kappa shape index (κ1) is 21.3.